The van der Waals surface area contributed by atoms with Crippen molar-refractivity contribution in [3.8, 4) is 0 Å². The molecule has 0 aromatic rings. The molecule has 0 heterocycles. The van der Waals surface area contributed by atoms with Gasteiger partial charge in [0.2, 0.25) is 0 Å². The van der Waals surface area contributed by atoms with E-state index in [4.69, 9.17) is 37.0 Å². The highest BCUT2D eigenvalue weighted by Crippen LogP contribution is 2.45. The topological polar surface area (TPSA) is 237 Å². The van der Waals surface area contributed by atoms with Crippen LogP contribution in [0.4, 0.5) is 0 Å². The van der Waals surface area contributed by atoms with E-state index in [0.717, 1.165) is 108 Å². The summed E-state index contributed by atoms with van der Waals surface area (Å²) in [4.78, 5) is 72.7. The van der Waals surface area contributed by atoms with Gasteiger partial charge in [-0.05, 0) is 43.4 Å². The zero-order valence-corrected chi connectivity index (χ0v) is 63.9. The summed E-state index contributed by atoms with van der Waals surface area (Å²) >= 11 is 0. The van der Waals surface area contributed by atoms with Gasteiger partial charge < -0.3 is 33.8 Å². The summed E-state index contributed by atoms with van der Waals surface area (Å²) in [7, 11) is -9.91. The third-order valence-electron chi connectivity index (χ3n) is 18.0. The molecule has 0 amide bonds. The predicted molar refractivity (Wildman–Crippen MR) is 386 cm³/mol. The van der Waals surface area contributed by atoms with Gasteiger partial charge in [-0.1, -0.05) is 337 Å². The first-order valence-corrected chi connectivity index (χ1v) is 42.4. The van der Waals surface area contributed by atoms with Gasteiger partial charge in [-0.15, -0.1) is 0 Å². The number of hydrogen-bond donors (Lipinski definition) is 3. The van der Waals surface area contributed by atoms with E-state index in [2.05, 4.69) is 48.5 Å². The zero-order valence-electron chi connectivity index (χ0n) is 62.1. The fourth-order valence-electron chi connectivity index (χ4n) is 11.6. The third kappa shape index (κ3) is 69.0. The molecule has 17 nitrogen and oxygen atoms in total. The van der Waals surface area contributed by atoms with Crippen molar-refractivity contribution < 1.29 is 80.2 Å². The highest BCUT2D eigenvalue weighted by Gasteiger charge is 2.30. The summed E-state index contributed by atoms with van der Waals surface area (Å²) in [5.41, 5.74) is 0. The molecule has 19 heteroatoms. The smallest absolute Gasteiger partial charge is 0.462 e. The fraction of sp³-hybridized carbons (Fsp3) is 0.947. The summed E-state index contributed by atoms with van der Waals surface area (Å²) in [5.74, 6) is 0.0449. The summed E-state index contributed by atoms with van der Waals surface area (Å²) < 4.78 is 68.4. The molecular formula is C76H148O17P2. The van der Waals surface area contributed by atoms with Gasteiger partial charge in [-0.25, -0.2) is 9.13 Å². The number of ether oxygens (including phenoxy) is 4. The van der Waals surface area contributed by atoms with E-state index in [1.54, 1.807) is 0 Å². The first-order chi connectivity index (χ1) is 45.8. The monoisotopic (exact) mass is 1400 g/mol. The molecule has 95 heavy (non-hydrogen) atoms. The zero-order chi connectivity index (χ0) is 70.1. The average Bonchev–Trinajstić information content (AvgIpc) is 1.46. The van der Waals surface area contributed by atoms with Crippen LogP contribution in [0.15, 0.2) is 0 Å². The highest BCUT2D eigenvalue weighted by atomic mass is 31.2. The van der Waals surface area contributed by atoms with Gasteiger partial charge in [0.05, 0.1) is 26.4 Å². The minimum Gasteiger partial charge on any atom is -0.462 e. The van der Waals surface area contributed by atoms with E-state index in [1.165, 1.54) is 193 Å². The summed E-state index contributed by atoms with van der Waals surface area (Å²) in [6.45, 7) is 11.8. The van der Waals surface area contributed by atoms with Gasteiger partial charge in [-0.2, -0.15) is 0 Å². The standard InChI is InChI=1S/C76H148O17P2/c1-8-10-11-12-13-14-15-16-17-18-19-20-21-22-23-24-25-28-32-35-45-52-59-75(80)92-71(63-86-73(78)57-50-43-34-31-29-26-27-30-33-40-47-54-67(3)4)65-90-94(82,83)88-61-70(77)62-89-95(84,85)91-66-72(64-87-74(79)58-51-44-38-36-41-48-55-68(5)6)93-76(81)60-53-46-39-37-42-49-56-69(7)9-2/h67-72,77H,8-66H2,1-7H3,(H,82,83)(H,84,85)/t69?,70-,71-,72-/m1/s1. The van der Waals surface area contributed by atoms with Crippen molar-refractivity contribution in [1.82, 2.24) is 0 Å². The number of unbranched alkanes of at least 4 members (excludes halogenated alkanes) is 41. The number of aliphatic hydroxyl groups excluding tert-OH is 1. The maximum Gasteiger partial charge on any atom is 0.472 e. The Bertz CT molecular complexity index is 1850. The lowest BCUT2D eigenvalue weighted by Crippen LogP contribution is -2.30. The van der Waals surface area contributed by atoms with Crippen LogP contribution in [0.1, 0.15) is 389 Å². The molecule has 0 radical (unpaired) electrons. The first kappa shape index (κ1) is 93.1. The van der Waals surface area contributed by atoms with Crippen LogP contribution in [0.25, 0.3) is 0 Å². The Balaban J connectivity index is 5.17. The molecule has 0 aromatic heterocycles. The van der Waals surface area contributed by atoms with Crippen molar-refractivity contribution >= 4 is 39.5 Å². The molecule has 0 fully saturated rings. The van der Waals surface area contributed by atoms with Crippen LogP contribution >= 0.6 is 15.6 Å². The number of rotatable bonds is 74. The average molecular weight is 1400 g/mol. The maximum absolute atomic E-state index is 13.1. The van der Waals surface area contributed by atoms with Gasteiger partial charge in [0, 0.05) is 25.7 Å². The molecule has 3 N–H and O–H groups in total. The molecule has 564 valence electrons. The van der Waals surface area contributed by atoms with E-state index in [-0.39, 0.29) is 25.7 Å². The SMILES string of the molecule is CCCCCCCCCCCCCCCCCCCCCCCCC(=O)O[C@H](COC(=O)CCCCCCCCCCCCCC(C)C)COP(=O)(O)OC[C@@H](O)COP(=O)(O)OC[C@@H](COC(=O)CCCCCCCCC(C)C)OC(=O)CCCCCCCCC(C)CC. The second-order valence-corrected chi connectivity index (χ2v) is 31.5. The first-order valence-electron chi connectivity index (χ1n) is 39.4. The number of phosphoric ester groups is 2. The highest BCUT2D eigenvalue weighted by molar-refractivity contribution is 7.47. The Morgan fingerprint density at radius 2 is 0.537 bits per heavy atom. The fourth-order valence-corrected chi connectivity index (χ4v) is 13.1. The van der Waals surface area contributed by atoms with Crippen LogP contribution in [0.5, 0.6) is 0 Å². The molecule has 0 rings (SSSR count). The maximum atomic E-state index is 13.1. The quantitative estimate of drug-likeness (QED) is 0.0222. The Morgan fingerprint density at radius 3 is 0.800 bits per heavy atom. The van der Waals surface area contributed by atoms with E-state index >= 15 is 0 Å². The van der Waals surface area contributed by atoms with Gasteiger partial charge in [0.1, 0.15) is 19.3 Å². The largest absolute Gasteiger partial charge is 0.472 e. The van der Waals surface area contributed by atoms with Gasteiger partial charge >= 0.3 is 39.5 Å². The Hall–Kier alpha value is -1.94. The van der Waals surface area contributed by atoms with Crippen LogP contribution in [0, 0.1) is 17.8 Å². The van der Waals surface area contributed by atoms with Crippen molar-refractivity contribution in [2.45, 2.75) is 407 Å². The lowest BCUT2D eigenvalue weighted by Gasteiger charge is -2.21. The van der Waals surface area contributed by atoms with Crippen LogP contribution in [-0.2, 0) is 65.4 Å². The minimum absolute atomic E-state index is 0.102. The summed E-state index contributed by atoms with van der Waals surface area (Å²) in [6.07, 6.45) is 53.2. The number of esters is 4. The number of phosphoric acid groups is 2. The molecule has 0 aliphatic heterocycles. The van der Waals surface area contributed by atoms with Crippen LogP contribution in [0.3, 0.4) is 0 Å². The number of carbonyl (C=O) groups excluding carboxylic acids is 4. The van der Waals surface area contributed by atoms with E-state index < -0.39 is 97.5 Å². The Kier molecular flexibility index (Phi) is 65.2. The molecule has 0 bridgehead atoms. The van der Waals surface area contributed by atoms with Crippen molar-refractivity contribution in [3.63, 3.8) is 0 Å². The number of aliphatic hydroxyl groups is 1. The van der Waals surface area contributed by atoms with Crippen LogP contribution in [-0.4, -0.2) is 96.7 Å². The molecule has 0 saturated carbocycles. The van der Waals surface area contributed by atoms with Gasteiger partial charge in [-0.3, -0.25) is 37.3 Å². The van der Waals surface area contributed by atoms with Crippen molar-refractivity contribution in [2.75, 3.05) is 39.6 Å². The van der Waals surface area contributed by atoms with E-state index in [1.807, 2.05) is 0 Å². The number of hydrogen-bond acceptors (Lipinski definition) is 15. The normalized spacial score (nSPS) is 14.4. The molecule has 0 aromatic carbocycles. The van der Waals surface area contributed by atoms with Crippen LogP contribution in [0.2, 0.25) is 0 Å². The summed E-state index contributed by atoms with van der Waals surface area (Å²) in [5, 5.41) is 10.6. The Morgan fingerprint density at radius 1 is 0.305 bits per heavy atom. The van der Waals surface area contributed by atoms with Gasteiger partial charge in [0.15, 0.2) is 12.2 Å². The number of carbonyl (C=O) groups is 4. The second kappa shape index (κ2) is 66.6. The third-order valence-corrected chi connectivity index (χ3v) is 19.9. The van der Waals surface area contributed by atoms with Crippen molar-refractivity contribution in [2.24, 2.45) is 17.8 Å². The predicted octanol–water partition coefficient (Wildman–Crippen LogP) is 22.2. The molecule has 0 aliphatic carbocycles. The molecular weight excluding hydrogens is 1250 g/mol. The second-order valence-electron chi connectivity index (χ2n) is 28.6. The van der Waals surface area contributed by atoms with Crippen LogP contribution < -0.4 is 0 Å². The lowest BCUT2D eigenvalue weighted by atomic mass is 10.00. The van der Waals surface area contributed by atoms with E-state index in [9.17, 15) is 43.2 Å². The van der Waals surface area contributed by atoms with E-state index in [0.29, 0.717) is 31.6 Å². The van der Waals surface area contributed by atoms with Crippen molar-refractivity contribution in [1.29, 1.82) is 0 Å². The lowest BCUT2D eigenvalue weighted by molar-refractivity contribution is -0.161. The van der Waals surface area contributed by atoms with Gasteiger partial charge in [0.25, 0.3) is 0 Å². The van der Waals surface area contributed by atoms with Crippen molar-refractivity contribution in [3.05, 3.63) is 0 Å². The molecule has 0 saturated heterocycles. The molecule has 3 unspecified atom stereocenters. The molecule has 0 spiro atoms. The Labute approximate surface area is 581 Å². The molecule has 0 aliphatic rings. The summed E-state index contributed by atoms with van der Waals surface area (Å²) in [6, 6.07) is 0. The molecule has 6 atom stereocenters. The minimum atomic E-state index is -4.96.